The van der Waals surface area contributed by atoms with Gasteiger partial charge in [0.15, 0.2) is 5.41 Å². The Labute approximate surface area is 158 Å². The molecule has 1 heterocycles. The third-order valence-electron chi connectivity index (χ3n) is 5.66. The molecule has 1 aromatic rings. The van der Waals surface area contributed by atoms with Crippen LogP contribution in [0.1, 0.15) is 38.5 Å². The van der Waals surface area contributed by atoms with Gasteiger partial charge in [0, 0.05) is 30.9 Å². The van der Waals surface area contributed by atoms with Crippen molar-refractivity contribution in [3.05, 3.63) is 28.3 Å². The van der Waals surface area contributed by atoms with Gasteiger partial charge in [0.1, 0.15) is 5.69 Å². The molecule has 0 spiro atoms. The summed E-state index contributed by atoms with van der Waals surface area (Å²) in [5.74, 6) is -0.489. The number of methoxy groups -OCH3 is 1. The maximum Gasteiger partial charge on any atom is 0.326 e. The van der Waals surface area contributed by atoms with Gasteiger partial charge in [0.25, 0.3) is 5.69 Å². The van der Waals surface area contributed by atoms with Crippen LogP contribution in [0.15, 0.2) is 18.2 Å². The molecule has 0 radical (unpaired) electrons. The highest BCUT2D eigenvalue weighted by molar-refractivity contribution is 5.80. The van der Waals surface area contributed by atoms with Crippen LogP contribution in [0.2, 0.25) is 0 Å². The number of rotatable bonds is 5. The molecule has 8 nitrogen and oxygen atoms in total. The predicted octanol–water partition coefficient (Wildman–Crippen LogP) is 3.23. The highest BCUT2D eigenvalue weighted by Crippen LogP contribution is 2.37. The van der Waals surface area contributed by atoms with E-state index in [1.807, 2.05) is 6.07 Å². The van der Waals surface area contributed by atoms with Crippen molar-refractivity contribution in [1.29, 1.82) is 5.26 Å². The Kier molecular flexibility index (Phi) is 5.49. The van der Waals surface area contributed by atoms with E-state index in [-0.39, 0.29) is 16.7 Å². The summed E-state index contributed by atoms with van der Waals surface area (Å²) in [6.07, 6.45) is 5.07. The smallest absolute Gasteiger partial charge is 0.326 e. The summed E-state index contributed by atoms with van der Waals surface area (Å²) in [6.45, 7) is 1.03. The quantitative estimate of drug-likeness (QED) is 0.480. The Morgan fingerprint density at radius 1 is 1.37 bits per heavy atom. The zero-order chi connectivity index (χ0) is 19.4. The standard InChI is InChI=1S/C19H24N4O4/c1-27-18(24)19(13-20)8-10-22(11-9-19)15-6-7-17(23(25)26)16(12-15)21-14-4-2-3-5-14/h6-7,12,14,21H,2-5,8-11H2,1H3. The van der Waals surface area contributed by atoms with E-state index < -0.39 is 11.4 Å². The number of piperidine rings is 1. The number of benzene rings is 1. The Hall–Kier alpha value is -2.82. The topological polar surface area (TPSA) is 108 Å². The molecule has 2 fully saturated rings. The zero-order valence-electron chi connectivity index (χ0n) is 15.4. The number of esters is 1. The molecule has 0 amide bonds. The van der Waals surface area contributed by atoms with Crippen LogP contribution < -0.4 is 10.2 Å². The fraction of sp³-hybridized carbons (Fsp3) is 0.579. The fourth-order valence-corrected chi connectivity index (χ4v) is 3.99. The Balaban J connectivity index is 1.78. The SMILES string of the molecule is COC(=O)C1(C#N)CCN(c2ccc([N+](=O)[O-])c(NC3CCCC3)c2)CC1. The van der Waals surface area contributed by atoms with Gasteiger partial charge >= 0.3 is 5.97 Å². The lowest BCUT2D eigenvalue weighted by atomic mass is 9.79. The highest BCUT2D eigenvalue weighted by Gasteiger charge is 2.43. The molecule has 3 rings (SSSR count). The molecular formula is C19H24N4O4. The van der Waals surface area contributed by atoms with Crippen molar-refractivity contribution in [2.45, 2.75) is 44.6 Å². The molecule has 0 bridgehead atoms. The van der Waals surface area contributed by atoms with Gasteiger partial charge < -0.3 is 15.0 Å². The van der Waals surface area contributed by atoms with Crippen molar-refractivity contribution in [3.8, 4) is 6.07 Å². The normalized spacial score (nSPS) is 19.3. The largest absolute Gasteiger partial charge is 0.468 e. The van der Waals surface area contributed by atoms with Crippen LogP contribution in [0.3, 0.4) is 0 Å². The lowest BCUT2D eigenvalue weighted by Gasteiger charge is -2.36. The van der Waals surface area contributed by atoms with Crippen LogP contribution in [0, 0.1) is 26.9 Å². The highest BCUT2D eigenvalue weighted by atomic mass is 16.6. The summed E-state index contributed by atoms with van der Waals surface area (Å²) in [4.78, 5) is 25.1. The summed E-state index contributed by atoms with van der Waals surface area (Å²) >= 11 is 0. The minimum Gasteiger partial charge on any atom is -0.468 e. The Bertz CT molecular complexity index is 759. The van der Waals surface area contributed by atoms with Gasteiger partial charge in [-0.25, -0.2) is 0 Å². The summed E-state index contributed by atoms with van der Waals surface area (Å²) in [5, 5.41) is 24.2. The van der Waals surface area contributed by atoms with Crippen molar-refractivity contribution in [2.75, 3.05) is 30.4 Å². The maximum absolute atomic E-state index is 12.0. The third kappa shape index (κ3) is 3.82. The summed E-state index contributed by atoms with van der Waals surface area (Å²) in [6, 6.07) is 7.46. The Morgan fingerprint density at radius 3 is 2.59 bits per heavy atom. The minimum atomic E-state index is -1.10. The van der Waals surface area contributed by atoms with Crippen LogP contribution in [0.25, 0.3) is 0 Å². The molecule has 1 aliphatic carbocycles. The third-order valence-corrected chi connectivity index (χ3v) is 5.66. The summed E-state index contributed by atoms with van der Waals surface area (Å²) in [5.41, 5.74) is 0.368. The van der Waals surface area contributed by atoms with Crippen molar-refractivity contribution in [3.63, 3.8) is 0 Å². The molecule has 8 heteroatoms. The van der Waals surface area contributed by atoms with E-state index in [1.165, 1.54) is 13.2 Å². The van der Waals surface area contributed by atoms with Crippen molar-refractivity contribution in [1.82, 2.24) is 0 Å². The number of nitrogens with zero attached hydrogens (tertiary/aromatic N) is 3. The lowest BCUT2D eigenvalue weighted by Crippen LogP contribution is -2.44. The van der Waals surface area contributed by atoms with Gasteiger partial charge in [0.2, 0.25) is 0 Å². The van der Waals surface area contributed by atoms with E-state index in [2.05, 4.69) is 16.3 Å². The molecule has 0 unspecified atom stereocenters. The number of carbonyl (C=O) groups excluding carboxylic acids is 1. The molecule has 144 valence electrons. The second-order valence-corrected chi connectivity index (χ2v) is 7.26. The number of nitro groups is 1. The monoisotopic (exact) mass is 372 g/mol. The second kappa shape index (κ2) is 7.82. The van der Waals surface area contributed by atoms with Gasteiger partial charge in [-0.3, -0.25) is 14.9 Å². The molecular weight excluding hydrogens is 348 g/mol. The van der Waals surface area contributed by atoms with E-state index in [0.717, 1.165) is 31.4 Å². The van der Waals surface area contributed by atoms with Crippen molar-refractivity contribution >= 4 is 23.0 Å². The molecule has 1 saturated carbocycles. The minimum absolute atomic E-state index is 0.0728. The lowest BCUT2D eigenvalue weighted by molar-refractivity contribution is -0.384. The van der Waals surface area contributed by atoms with E-state index in [9.17, 15) is 20.2 Å². The maximum atomic E-state index is 12.0. The van der Waals surface area contributed by atoms with E-state index in [1.54, 1.807) is 6.07 Å². The number of anilines is 2. The number of ether oxygens (including phenoxy) is 1. The fourth-order valence-electron chi connectivity index (χ4n) is 3.99. The first-order chi connectivity index (χ1) is 13.0. The first-order valence-corrected chi connectivity index (χ1v) is 9.29. The first kappa shape index (κ1) is 19.0. The van der Waals surface area contributed by atoms with E-state index >= 15 is 0 Å². The van der Waals surface area contributed by atoms with Crippen LogP contribution in [0.5, 0.6) is 0 Å². The Morgan fingerprint density at radius 2 is 2.04 bits per heavy atom. The van der Waals surface area contributed by atoms with Crippen molar-refractivity contribution < 1.29 is 14.5 Å². The summed E-state index contributed by atoms with van der Waals surface area (Å²) in [7, 11) is 1.30. The molecule has 27 heavy (non-hydrogen) atoms. The molecule has 1 N–H and O–H groups in total. The number of hydrogen-bond acceptors (Lipinski definition) is 7. The average Bonchev–Trinajstić information content (AvgIpc) is 3.20. The number of hydrogen-bond donors (Lipinski definition) is 1. The number of nitro benzene ring substituents is 1. The molecule has 0 aromatic heterocycles. The van der Waals surface area contributed by atoms with Gasteiger partial charge in [-0.2, -0.15) is 5.26 Å². The van der Waals surface area contributed by atoms with E-state index in [4.69, 9.17) is 4.74 Å². The van der Waals surface area contributed by atoms with Crippen LogP contribution >= 0.6 is 0 Å². The van der Waals surface area contributed by atoms with Gasteiger partial charge in [0.05, 0.1) is 18.1 Å². The van der Waals surface area contributed by atoms with E-state index in [0.29, 0.717) is 31.6 Å². The number of carbonyl (C=O) groups is 1. The molecule has 0 atom stereocenters. The first-order valence-electron chi connectivity index (χ1n) is 9.29. The molecule has 1 aromatic carbocycles. The predicted molar refractivity (Wildman–Crippen MR) is 100 cm³/mol. The average molecular weight is 372 g/mol. The second-order valence-electron chi connectivity index (χ2n) is 7.26. The van der Waals surface area contributed by atoms with Crippen LogP contribution in [-0.2, 0) is 9.53 Å². The van der Waals surface area contributed by atoms with Crippen LogP contribution in [0.4, 0.5) is 17.1 Å². The summed E-state index contributed by atoms with van der Waals surface area (Å²) < 4.78 is 4.80. The van der Waals surface area contributed by atoms with Gasteiger partial charge in [-0.15, -0.1) is 0 Å². The number of nitriles is 1. The van der Waals surface area contributed by atoms with Gasteiger partial charge in [-0.05, 0) is 37.8 Å². The van der Waals surface area contributed by atoms with Crippen LogP contribution in [-0.4, -0.2) is 37.1 Å². The molecule has 1 aliphatic heterocycles. The van der Waals surface area contributed by atoms with Crippen molar-refractivity contribution in [2.24, 2.45) is 5.41 Å². The van der Waals surface area contributed by atoms with Gasteiger partial charge in [-0.1, -0.05) is 12.8 Å². The molecule has 1 saturated heterocycles. The number of nitrogens with one attached hydrogen (secondary N) is 1. The molecule has 2 aliphatic rings. The zero-order valence-corrected chi connectivity index (χ0v) is 15.4.